The number of carbonyl (C=O) groups excluding carboxylic acids is 1. The van der Waals surface area contributed by atoms with E-state index >= 15 is 0 Å². The maximum atomic E-state index is 13.6. The van der Waals surface area contributed by atoms with Crippen LogP contribution in [0.2, 0.25) is 0 Å². The van der Waals surface area contributed by atoms with Gasteiger partial charge in [0, 0.05) is 36.8 Å². The first-order chi connectivity index (χ1) is 13.8. The van der Waals surface area contributed by atoms with Gasteiger partial charge in [0.2, 0.25) is 0 Å². The number of rotatable bonds is 3. The molecule has 4 heterocycles. The quantitative estimate of drug-likeness (QED) is 0.610. The number of aromatic nitrogens is 3. The molecule has 7 nitrogen and oxygen atoms in total. The average Bonchev–Trinajstić information content (AvgIpc) is 3.25. The number of nitrogens with zero attached hydrogens (tertiary/aromatic N) is 4. The van der Waals surface area contributed by atoms with E-state index in [0.717, 1.165) is 40.4 Å². The summed E-state index contributed by atoms with van der Waals surface area (Å²) in [5.41, 5.74) is 3.04. The van der Waals surface area contributed by atoms with Crippen molar-refractivity contribution >= 4 is 41.8 Å². The van der Waals surface area contributed by atoms with Gasteiger partial charge in [0.1, 0.15) is 11.5 Å². The summed E-state index contributed by atoms with van der Waals surface area (Å²) in [6, 6.07) is 4.38. The summed E-state index contributed by atoms with van der Waals surface area (Å²) in [5.74, 6) is 1.65. The molecule has 1 amide bonds. The summed E-state index contributed by atoms with van der Waals surface area (Å²) >= 11 is 0. The van der Waals surface area contributed by atoms with Crippen molar-refractivity contribution in [3.63, 3.8) is 0 Å². The minimum Gasteiger partial charge on any atom is -0.466 e. The Morgan fingerprint density at radius 1 is 1.23 bits per heavy atom. The fourth-order valence-corrected chi connectivity index (χ4v) is 4.09. The Balaban J connectivity index is 0.00000171. The number of carbonyl (C=O) groups is 1. The van der Waals surface area contributed by atoms with E-state index < -0.39 is 0 Å². The predicted octanol–water partition coefficient (Wildman–Crippen LogP) is 4.56. The van der Waals surface area contributed by atoms with Crippen LogP contribution in [0.5, 0.6) is 0 Å². The number of piperazine rings is 1. The number of aryl methyl sites for hydroxylation is 2. The fraction of sp³-hybridized carbons (Fsp3) is 0.500. The molecule has 2 atom stereocenters. The Bertz CT molecular complexity index is 1080. The number of fused-ring (bicyclic) bond motifs is 1. The van der Waals surface area contributed by atoms with Crippen molar-refractivity contribution in [1.29, 1.82) is 0 Å². The Hall–Kier alpha value is -2.09. The molecule has 2 unspecified atom stereocenters. The summed E-state index contributed by atoms with van der Waals surface area (Å²) < 4.78 is 7.60. The van der Waals surface area contributed by atoms with Crippen LogP contribution >= 0.6 is 24.8 Å². The molecule has 0 saturated carbocycles. The lowest BCUT2D eigenvalue weighted by Crippen LogP contribution is -2.57. The largest absolute Gasteiger partial charge is 0.466 e. The number of hydrogen-bond acceptors (Lipinski definition) is 5. The molecule has 0 radical (unpaired) electrons. The molecule has 1 N–H and O–H groups in total. The van der Waals surface area contributed by atoms with Crippen LogP contribution in [0, 0.1) is 13.8 Å². The van der Waals surface area contributed by atoms with Crippen LogP contribution in [-0.2, 0) is 0 Å². The highest BCUT2D eigenvalue weighted by Gasteiger charge is 2.31. The van der Waals surface area contributed by atoms with Gasteiger partial charge in [-0.3, -0.25) is 4.79 Å². The molecule has 9 heteroatoms. The SMILES string of the molecule is Cc1cc(-c2cc(C(=O)N3CCNC(C)C3C)c3cnn(C(C)C)c3n2)c(C)o1.Cl.Cl. The molecule has 3 aromatic heterocycles. The van der Waals surface area contributed by atoms with Crippen LogP contribution in [0.15, 0.2) is 22.7 Å². The van der Waals surface area contributed by atoms with E-state index in [4.69, 9.17) is 9.40 Å². The summed E-state index contributed by atoms with van der Waals surface area (Å²) in [5, 5.41) is 8.76. The molecule has 170 valence electrons. The van der Waals surface area contributed by atoms with Gasteiger partial charge in [-0.05, 0) is 53.7 Å². The molecule has 1 aliphatic heterocycles. The normalized spacial score (nSPS) is 18.7. The third kappa shape index (κ3) is 4.45. The van der Waals surface area contributed by atoms with Crippen molar-refractivity contribution in [2.75, 3.05) is 13.1 Å². The van der Waals surface area contributed by atoms with Crippen LogP contribution in [0.25, 0.3) is 22.3 Å². The van der Waals surface area contributed by atoms with Gasteiger partial charge in [-0.1, -0.05) is 0 Å². The van der Waals surface area contributed by atoms with E-state index in [1.807, 2.05) is 35.6 Å². The lowest BCUT2D eigenvalue weighted by Gasteiger charge is -2.38. The minimum absolute atomic E-state index is 0. The summed E-state index contributed by atoms with van der Waals surface area (Å²) in [6.07, 6.45) is 1.77. The van der Waals surface area contributed by atoms with E-state index in [-0.39, 0.29) is 48.8 Å². The highest BCUT2D eigenvalue weighted by molar-refractivity contribution is 6.06. The maximum absolute atomic E-state index is 13.6. The Morgan fingerprint density at radius 2 is 1.94 bits per heavy atom. The van der Waals surface area contributed by atoms with Gasteiger partial charge in [-0.2, -0.15) is 5.10 Å². The van der Waals surface area contributed by atoms with Crippen LogP contribution in [0.4, 0.5) is 0 Å². The number of pyridine rings is 1. The second-order valence-electron chi connectivity index (χ2n) is 8.28. The molecular weight excluding hydrogens is 437 g/mol. The van der Waals surface area contributed by atoms with E-state index in [9.17, 15) is 4.79 Å². The van der Waals surface area contributed by atoms with Crippen molar-refractivity contribution in [2.45, 2.75) is 59.7 Å². The first-order valence-electron chi connectivity index (χ1n) is 10.3. The number of halogens is 2. The zero-order chi connectivity index (χ0) is 20.9. The topological polar surface area (TPSA) is 76.2 Å². The fourth-order valence-electron chi connectivity index (χ4n) is 4.09. The molecule has 0 spiro atoms. The first-order valence-corrected chi connectivity index (χ1v) is 10.3. The Kier molecular flexibility index (Phi) is 7.79. The van der Waals surface area contributed by atoms with Gasteiger partial charge in [0.05, 0.1) is 22.8 Å². The third-order valence-electron chi connectivity index (χ3n) is 5.90. The molecule has 31 heavy (non-hydrogen) atoms. The van der Waals surface area contributed by atoms with E-state index in [0.29, 0.717) is 12.1 Å². The molecule has 1 aliphatic rings. The first kappa shape index (κ1) is 25.2. The van der Waals surface area contributed by atoms with E-state index in [2.05, 4.69) is 38.1 Å². The van der Waals surface area contributed by atoms with E-state index in [1.165, 1.54) is 0 Å². The van der Waals surface area contributed by atoms with Crippen LogP contribution < -0.4 is 5.32 Å². The number of nitrogens with one attached hydrogen (secondary N) is 1. The molecule has 1 fully saturated rings. The Morgan fingerprint density at radius 3 is 2.55 bits per heavy atom. The molecule has 3 aromatic rings. The summed E-state index contributed by atoms with van der Waals surface area (Å²) in [7, 11) is 0. The molecule has 4 rings (SSSR count). The van der Waals surface area contributed by atoms with Gasteiger partial charge in [0.15, 0.2) is 5.65 Å². The van der Waals surface area contributed by atoms with Gasteiger partial charge in [0.25, 0.3) is 5.91 Å². The van der Waals surface area contributed by atoms with Crippen molar-refractivity contribution in [3.05, 3.63) is 35.4 Å². The van der Waals surface area contributed by atoms with Crippen molar-refractivity contribution in [2.24, 2.45) is 0 Å². The second kappa shape index (κ2) is 9.59. The second-order valence-corrected chi connectivity index (χ2v) is 8.28. The molecule has 0 aromatic carbocycles. The molecular formula is C22H31Cl2N5O2. The maximum Gasteiger partial charge on any atom is 0.255 e. The number of amides is 1. The van der Waals surface area contributed by atoms with Crippen LogP contribution in [0.1, 0.15) is 55.6 Å². The van der Waals surface area contributed by atoms with Gasteiger partial charge in [-0.25, -0.2) is 9.67 Å². The smallest absolute Gasteiger partial charge is 0.255 e. The van der Waals surface area contributed by atoms with Gasteiger partial charge < -0.3 is 14.6 Å². The van der Waals surface area contributed by atoms with Crippen LogP contribution in [0.3, 0.4) is 0 Å². The van der Waals surface area contributed by atoms with E-state index in [1.54, 1.807) is 6.20 Å². The third-order valence-corrected chi connectivity index (χ3v) is 5.90. The van der Waals surface area contributed by atoms with Gasteiger partial charge >= 0.3 is 0 Å². The van der Waals surface area contributed by atoms with Crippen molar-refractivity contribution < 1.29 is 9.21 Å². The number of hydrogen-bond donors (Lipinski definition) is 1. The standard InChI is InChI=1S/C22H29N5O2.2ClH/c1-12(2)27-21-19(11-24-27)18(22(28)26-8-7-23-14(4)15(26)5)10-20(25-21)17-9-13(3)29-16(17)6;;/h9-12,14-15,23H,7-8H2,1-6H3;2*1H. The number of furan rings is 1. The summed E-state index contributed by atoms with van der Waals surface area (Å²) in [4.78, 5) is 20.5. The van der Waals surface area contributed by atoms with Crippen LogP contribution in [-0.4, -0.2) is 50.7 Å². The lowest BCUT2D eigenvalue weighted by molar-refractivity contribution is 0.0605. The Labute approximate surface area is 195 Å². The highest BCUT2D eigenvalue weighted by Crippen LogP contribution is 2.31. The monoisotopic (exact) mass is 467 g/mol. The minimum atomic E-state index is 0. The average molecular weight is 468 g/mol. The van der Waals surface area contributed by atoms with Crippen molar-refractivity contribution in [1.82, 2.24) is 25.0 Å². The lowest BCUT2D eigenvalue weighted by atomic mass is 10.0. The van der Waals surface area contributed by atoms with Gasteiger partial charge in [-0.15, -0.1) is 24.8 Å². The highest BCUT2D eigenvalue weighted by atomic mass is 35.5. The molecule has 0 bridgehead atoms. The predicted molar refractivity (Wildman–Crippen MR) is 128 cm³/mol. The molecule has 1 saturated heterocycles. The zero-order valence-electron chi connectivity index (χ0n) is 18.8. The summed E-state index contributed by atoms with van der Waals surface area (Å²) in [6.45, 7) is 13.7. The zero-order valence-corrected chi connectivity index (χ0v) is 20.4. The molecule has 0 aliphatic carbocycles. The van der Waals surface area contributed by atoms with Crippen molar-refractivity contribution in [3.8, 4) is 11.3 Å².